The van der Waals surface area contributed by atoms with E-state index in [0.29, 0.717) is 27.2 Å². The Bertz CT molecular complexity index is 1730. The maximum absolute atomic E-state index is 13.2. The molecule has 3 heterocycles. The van der Waals surface area contributed by atoms with Crippen LogP contribution in [0.4, 0.5) is 11.6 Å². The van der Waals surface area contributed by atoms with Crippen LogP contribution in [0, 0.1) is 0 Å². The molecule has 0 saturated heterocycles. The van der Waals surface area contributed by atoms with Crippen LogP contribution in [0.15, 0.2) is 83.8 Å². The van der Waals surface area contributed by atoms with Crippen LogP contribution in [0.3, 0.4) is 0 Å². The van der Waals surface area contributed by atoms with Crippen molar-refractivity contribution in [2.24, 2.45) is 0 Å². The quantitative estimate of drug-likeness (QED) is 0.275. The Hall–Kier alpha value is -4.54. The van der Waals surface area contributed by atoms with Crippen LogP contribution in [0.2, 0.25) is 0 Å². The predicted octanol–water partition coefficient (Wildman–Crippen LogP) is 4.75. The summed E-state index contributed by atoms with van der Waals surface area (Å²) in [6, 6.07) is 21.2. The van der Waals surface area contributed by atoms with Gasteiger partial charge in [0.25, 0.3) is 11.8 Å². The van der Waals surface area contributed by atoms with Crippen LogP contribution in [-0.2, 0) is 6.54 Å². The predicted molar refractivity (Wildman–Crippen MR) is 154 cm³/mol. The zero-order valence-electron chi connectivity index (χ0n) is 21.6. The minimum Gasteiger partial charge on any atom is -0.389 e. The molecule has 0 spiro atoms. The number of nitrogens with zero attached hydrogens (tertiary/aromatic N) is 3. The average molecular weight is 542 g/mol. The van der Waals surface area contributed by atoms with Crippen molar-refractivity contribution >= 4 is 45.8 Å². The van der Waals surface area contributed by atoms with Gasteiger partial charge in [-0.25, -0.2) is 4.98 Å². The van der Waals surface area contributed by atoms with Gasteiger partial charge in [-0.05, 0) is 67.9 Å². The summed E-state index contributed by atoms with van der Waals surface area (Å²) < 4.78 is 1.75. The molecule has 0 unspecified atom stereocenters. The highest BCUT2D eigenvalue weighted by Gasteiger charge is 2.23. The van der Waals surface area contributed by atoms with Crippen LogP contribution >= 0.6 is 11.3 Å². The summed E-state index contributed by atoms with van der Waals surface area (Å²) in [6.07, 6.45) is 1.56. The second kappa shape index (κ2) is 10.3. The van der Waals surface area contributed by atoms with Crippen molar-refractivity contribution in [2.75, 3.05) is 17.3 Å². The van der Waals surface area contributed by atoms with E-state index in [1.807, 2.05) is 30.3 Å². The highest BCUT2D eigenvalue weighted by Crippen LogP contribution is 2.30. The molecule has 0 radical (unpaired) electrons. The van der Waals surface area contributed by atoms with E-state index >= 15 is 0 Å². The Balaban J connectivity index is 1.46. The maximum atomic E-state index is 13.2. The van der Waals surface area contributed by atoms with Crippen molar-refractivity contribution in [3.63, 3.8) is 0 Å². The molecule has 10 heteroatoms. The Labute approximate surface area is 228 Å². The van der Waals surface area contributed by atoms with Gasteiger partial charge in [0, 0.05) is 35.4 Å². The van der Waals surface area contributed by atoms with Gasteiger partial charge in [-0.1, -0.05) is 18.2 Å². The zero-order valence-corrected chi connectivity index (χ0v) is 22.5. The second-order valence-electron chi connectivity index (χ2n) is 9.80. The van der Waals surface area contributed by atoms with Gasteiger partial charge in [-0.2, -0.15) is 0 Å². The van der Waals surface area contributed by atoms with Gasteiger partial charge < -0.3 is 19.6 Å². The van der Waals surface area contributed by atoms with Crippen LogP contribution in [0.1, 0.15) is 33.9 Å². The van der Waals surface area contributed by atoms with Gasteiger partial charge in [0.15, 0.2) is 0 Å². The molecular weight excluding hydrogens is 514 g/mol. The molecule has 9 nitrogen and oxygen atoms in total. The SMILES string of the molecule is CN(C(=O)c1ccccc1)c1ccc2c(c1)nc(NC(=O)c1ccc(-c3cc[nH]c(=O)c3)s1)n2CC(C)(C)O. The fourth-order valence-electron chi connectivity index (χ4n) is 4.24. The fraction of sp³-hybridized carbons (Fsp3) is 0.172. The summed E-state index contributed by atoms with van der Waals surface area (Å²) in [5, 5.41) is 13.5. The molecular formula is C29H27N5O4S. The standard InChI is InChI=1S/C29H27N5O4S/c1-29(2,38)17-34-22-10-9-20(33(3)27(37)18-7-5-4-6-8-18)16-21(22)31-28(34)32-26(36)24-12-11-23(39-24)19-13-14-30-25(35)15-19/h4-16,38H,17H2,1-3H3,(H,30,35)(H,31,32,36). The zero-order chi connectivity index (χ0) is 27.7. The number of hydrogen-bond donors (Lipinski definition) is 3. The molecule has 0 saturated carbocycles. The van der Waals surface area contributed by atoms with Crippen LogP contribution in [0.5, 0.6) is 0 Å². The lowest BCUT2D eigenvalue weighted by Crippen LogP contribution is -2.27. The molecule has 3 aromatic heterocycles. The Morgan fingerprint density at radius 3 is 2.56 bits per heavy atom. The first kappa shape index (κ1) is 26.1. The van der Waals surface area contributed by atoms with E-state index in [9.17, 15) is 19.5 Å². The normalized spacial score (nSPS) is 11.5. The number of aromatic amines is 1. The molecule has 0 aliphatic carbocycles. The molecule has 0 bridgehead atoms. The first-order chi connectivity index (χ1) is 18.6. The fourth-order valence-corrected chi connectivity index (χ4v) is 5.13. The molecule has 2 amide bonds. The number of imidazole rings is 1. The molecule has 39 heavy (non-hydrogen) atoms. The lowest BCUT2D eigenvalue weighted by Gasteiger charge is -2.20. The lowest BCUT2D eigenvalue weighted by atomic mass is 10.1. The Kier molecular flexibility index (Phi) is 6.90. The van der Waals surface area contributed by atoms with E-state index in [1.165, 1.54) is 17.4 Å². The number of fused-ring (bicyclic) bond motifs is 1. The average Bonchev–Trinajstić information content (AvgIpc) is 3.53. The Morgan fingerprint density at radius 2 is 1.85 bits per heavy atom. The minimum absolute atomic E-state index is 0.159. The monoisotopic (exact) mass is 541 g/mol. The van der Waals surface area contributed by atoms with Crippen molar-refractivity contribution in [2.45, 2.75) is 26.0 Å². The second-order valence-corrected chi connectivity index (χ2v) is 10.9. The van der Waals surface area contributed by atoms with Crippen molar-refractivity contribution in [3.05, 3.63) is 99.8 Å². The molecule has 5 rings (SSSR count). The first-order valence-corrected chi connectivity index (χ1v) is 13.1. The number of amides is 2. The highest BCUT2D eigenvalue weighted by molar-refractivity contribution is 7.17. The van der Waals surface area contributed by atoms with Gasteiger partial charge in [-0.3, -0.25) is 19.7 Å². The van der Waals surface area contributed by atoms with Gasteiger partial charge in [0.05, 0.1) is 28.1 Å². The van der Waals surface area contributed by atoms with Crippen molar-refractivity contribution < 1.29 is 14.7 Å². The van der Waals surface area contributed by atoms with E-state index in [0.717, 1.165) is 10.4 Å². The van der Waals surface area contributed by atoms with Crippen molar-refractivity contribution in [1.29, 1.82) is 0 Å². The maximum Gasteiger partial charge on any atom is 0.268 e. The number of benzene rings is 2. The molecule has 198 valence electrons. The number of thiophene rings is 1. The van der Waals surface area contributed by atoms with Crippen LogP contribution in [0.25, 0.3) is 21.5 Å². The summed E-state index contributed by atoms with van der Waals surface area (Å²) in [4.78, 5) is 47.9. The Morgan fingerprint density at radius 1 is 1.08 bits per heavy atom. The summed E-state index contributed by atoms with van der Waals surface area (Å²) in [7, 11) is 1.70. The molecule has 0 aliphatic rings. The van der Waals surface area contributed by atoms with Crippen LogP contribution < -0.4 is 15.8 Å². The third-order valence-corrected chi connectivity index (χ3v) is 7.24. The largest absolute Gasteiger partial charge is 0.389 e. The van der Waals surface area contributed by atoms with E-state index in [-0.39, 0.29) is 29.9 Å². The number of aromatic nitrogens is 3. The number of aliphatic hydroxyl groups is 1. The van der Waals surface area contributed by atoms with Crippen molar-refractivity contribution in [1.82, 2.24) is 14.5 Å². The van der Waals surface area contributed by atoms with Gasteiger partial charge >= 0.3 is 0 Å². The molecule has 0 aliphatic heterocycles. The lowest BCUT2D eigenvalue weighted by molar-refractivity contribution is 0.0630. The highest BCUT2D eigenvalue weighted by atomic mass is 32.1. The van der Waals surface area contributed by atoms with Gasteiger partial charge in [0.2, 0.25) is 11.5 Å². The third-order valence-electron chi connectivity index (χ3n) is 6.10. The molecule has 5 aromatic rings. The molecule has 2 aromatic carbocycles. The summed E-state index contributed by atoms with van der Waals surface area (Å²) in [6.45, 7) is 3.54. The number of rotatable bonds is 7. The number of H-pyrrole nitrogens is 1. The minimum atomic E-state index is -1.08. The number of hydrogen-bond acceptors (Lipinski definition) is 6. The van der Waals surface area contributed by atoms with E-state index in [1.54, 1.807) is 73.0 Å². The third kappa shape index (κ3) is 5.66. The number of carbonyl (C=O) groups excluding carboxylic acids is 2. The number of pyridine rings is 1. The smallest absolute Gasteiger partial charge is 0.268 e. The molecule has 3 N–H and O–H groups in total. The van der Waals surface area contributed by atoms with Gasteiger partial charge in [-0.15, -0.1) is 11.3 Å². The molecule has 0 fully saturated rings. The summed E-state index contributed by atoms with van der Waals surface area (Å²) in [5.74, 6) is -0.245. The van der Waals surface area contributed by atoms with E-state index in [4.69, 9.17) is 0 Å². The first-order valence-electron chi connectivity index (χ1n) is 12.3. The number of carbonyl (C=O) groups is 2. The van der Waals surface area contributed by atoms with Crippen LogP contribution in [-0.4, -0.2) is 44.1 Å². The van der Waals surface area contributed by atoms with Crippen molar-refractivity contribution in [3.8, 4) is 10.4 Å². The summed E-state index contributed by atoms with van der Waals surface area (Å²) >= 11 is 1.26. The number of nitrogens with one attached hydrogen (secondary N) is 2. The van der Waals surface area contributed by atoms with E-state index in [2.05, 4.69) is 15.3 Å². The van der Waals surface area contributed by atoms with E-state index < -0.39 is 5.60 Å². The van der Waals surface area contributed by atoms with Gasteiger partial charge in [0.1, 0.15) is 0 Å². The number of anilines is 2. The molecule has 0 atom stereocenters. The topological polar surface area (TPSA) is 120 Å². The summed E-state index contributed by atoms with van der Waals surface area (Å²) in [5.41, 5.74) is 1.89.